The molecule has 0 radical (unpaired) electrons. The largest absolute Gasteiger partial charge is 0.467 e. The van der Waals surface area contributed by atoms with Crippen LogP contribution >= 0.6 is 0 Å². The fourth-order valence-corrected chi connectivity index (χ4v) is 3.31. The summed E-state index contributed by atoms with van der Waals surface area (Å²) in [6.07, 6.45) is 5.38. The van der Waals surface area contributed by atoms with Crippen LogP contribution in [0.4, 0.5) is 0 Å². The molecule has 7 heteroatoms. The van der Waals surface area contributed by atoms with E-state index in [2.05, 4.69) is 22.0 Å². The molecule has 1 aromatic rings. The summed E-state index contributed by atoms with van der Waals surface area (Å²) in [6, 6.07) is 0. The Hall–Kier alpha value is -1.47. The first-order valence-corrected chi connectivity index (χ1v) is 8.82. The zero-order chi connectivity index (χ0) is 17.6. The highest BCUT2D eigenvalue weighted by Crippen LogP contribution is 2.28. The lowest BCUT2D eigenvalue weighted by Gasteiger charge is -2.30. The molecule has 0 unspecified atom stereocenters. The minimum absolute atomic E-state index is 0.160. The number of esters is 1. The van der Waals surface area contributed by atoms with Gasteiger partial charge in [0.25, 0.3) is 0 Å². The minimum Gasteiger partial charge on any atom is -0.467 e. The van der Waals surface area contributed by atoms with Gasteiger partial charge in [-0.25, -0.2) is 4.79 Å². The lowest BCUT2D eigenvalue weighted by atomic mass is 9.95. The Labute approximate surface area is 143 Å². The smallest absolute Gasteiger partial charge is 0.339 e. The van der Waals surface area contributed by atoms with Crippen LogP contribution in [0.3, 0.4) is 0 Å². The Bertz CT molecular complexity index is 534. The molecule has 0 aliphatic carbocycles. The van der Waals surface area contributed by atoms with E-state index in [1.54, 1.807) is 6.92 Å². The number of β-amino-alcohol motifs (C(OH)–C–C–N with tert-alkyl or cyclic N) is 1. The number of nitrogens with zero attached hydrogens (tertiary/aromatic N) is 3. The molecule has 1 aromatic heterocycles. The number of hydrogen-bond donors (Lipinski definition) is 1. The summed E-state index contributed by atoms with van der Waals surface area (Å²) < 4.78 is 10.1. The van der Waals surface area contributed by atoms with Gasteiger partial charge in [0, 0.05) is 13.1 Å². The van der Waals surface area contributed by atoms with Crippen molar-refractivity contribution in [1.29, 1.82) is 0 Å². The van der Waals surface area contributed by atoms with Crippen LogP contribution in [-0.2, 0) is 9.53 Å². The quantitative estimate of drug-likeness (QED) is 0.544. The van der Waals surface area contributed by atoms with Crippen LogP contribution in [0.15, 0.2) is 4.52 Å². The van der Waals surface area contributed by atoms with Crippen molar-refractivity contribution in [2.24, 2.45) is 0 Å². The maximum absolute atomic E-state index is 12.1. The third kappa shape index (κ3) is 4.77. The number of rotatable bonds is 9. The van der Waals surface area contributed by atoms with Crippen LogP contribution in [0.2, 0.25) is 0 Å². The van der Waals surface area contributed by atoms with Crippen LogP contribution in [0.5, 0.6) is 0 Å². The summed E-state index contributed by atoms with van der Waals surface area (Å²) in [5.74, 6) is 0.884. The maximum Gasteiger partial charge on any atom is 0.339 e. The minimum atomic E-state index is -1.44. The van der Waals surface area contributed by atoms with Gasteiger partial charge in [-0.2, -0.15) is 4.98 Å². The molecule has 1 aliphatic heterocycles. The average Bonchev–Trinajstić information content (AvgIpc) is 3.19. The number of carbonyl (C=O) groups excluding carboxylic acids is 1. The van der Waals surface area contributed by atoms with Crippen molar-refractivity contribution in [2.45, 2.75) is 63.9 Å². The fraction of sp³-hybridized carbons (Fsp3) is 0.824. The van der Waals surface area contributed by atoms with Gasteiger partial charge in [-0.1, -0.05) is 31.3 Å². The highest BCUT2D eigenvalue weighted by Gasteiger charge is 2.40. The van der Waals surface area contributed by atoms with Gasteiger partial charge in [-0.15, -0.1) is 0 Å². The number of ether oxygens (including phenoxy) is 1. The topological polar surface area (TPSA) is 88.7 Å². The van der Waals surface area contributed by atoms with Gasteiger partial charge in [0.05, 0.1) is 13.0 Å². The number of likely N-dealkylation sites (tertiary alicyclic amines) is 1. The third-order valence-corrected chi connectivity index (χ3v) is 4.66. The Morgan fingerprint density at radius 3 is 2.88 bits per heavy atom. The van der Waals surface area contributed by atoms with Crippen molar-refractivity contribution in [2.75, 3.05) is 26.7 Å². The van der Waals surface area contributed by atoms with E-state index in [1.807, 2.05) is 0 Å². The van der Waals surface area contributed by atoms with Crippen LogP contribution in [0.25, 0.3) is 0 Å². The van der Waals surface area contributed by atoms with Crippen LogP contribution < -0.4 is 0 Å². The summed E-state index contributed by atoms with van der Waals surface area (Å²) in [7, 11) is 1.33. The molecule has 0 amide bonds. The monoisotopic (exact) mass is 339 g/mol. The van der Waals surface area contributed by atoms with E-state index in [0.29, 0.717) is 24.7 Å². The Morgan fingerprint density at radius 1 is 1.46 bits per heavy atom. The third-order valence-electron chi connectivity index (χ3n) is 4.66. The Kier molecular flexibility index (Phi) is 6.74. The molecule has 2 rings (SSSR count). The number of methoxy groups -OCH3 is 1. The molecule has 2 atom stereocenters. The van der Waals surface area contributed by atoms with Gasteiger partial charge < -0.3 is 14.4 Å². The summed E-state index contributed by atoms with van der Waals surface area (Å²) in [5, 5.41) is 14.7. The standard InChI is InChI=1S/C17H29N3O4/c1-4-5-6-7-9-17(22,16(21)23-3)12-20-10-8-14(11-20)15-18-13(2)19-24-15/h14,22H,4-12H2,1-3H3/t14-,17-/m0/s1. The molecule has 1 saturated heterocycles. The highest BCUT2D eigenvalue weighted by atomic mass is 16.5. The molecule has 1 fully saturated rings. The predicted octanol–water partition coefficient (Wildman–Crippen LogP) is 2.04. The van der Waals surface area contributed by atoms with E-state index in [-0.39, 0.29) is 12.5 Å². The van der Waals surface area contributed by atoms with E-state index in [4.69, 9.17) is 9.26 Å². The molecule has 0 aromatic carbocycles. The van der Waals surface area contributed by atoms with Gasteiger partial charge in [-0.05, 0) is 32.7 Å². The van der Waals surface area contributed by atoms with Gasteiger partial charge in [-0.3, -0.25) is 4.90 Å². The summed E-state index contributed by atoms with van der Waals surface area (Å²) >= 11 is 0. The Morgan fingerprint density at radius 2 is 2.25 bits per heavy atom. The molecule has 0 bridgehead atoms. The van der Waals surface area contributed by atoms with Crippen LogP contribution in [0.1, 0.15) is 63.1 Å². The SMILES string of the molecule is CCCCCC[C@](O)(CN1CC[C@H](c2nc(C)no2)C1)C(=O)OC. The first kappa shape index (κ1) is 18.9. The first-order valence-electron chi connectivity index (χ1n) is 8.82. The van der Waals surface area contributed by atoms with Crippen molar-refractivity contribution in [3.8, 4) is 0 Å². The maximum atomic E-state index is 12.1. The second-order valence-corrected chi connectivity index (χ2v) is 6.73. The molecule has 24 heavy (non-hydrogen) atoms. The van der Waals surface area contributed by atoms with E-state index in [9.17, 15) is 9.90 Å². The zero-order valence-corrected chi connectivity index (χ0v) is 15.0. The number of unbranched alkanes of at least 4 members (excludes halogenated alkanes) is 3. The van der Waals surface area contributed by atoms with Crippen molar-refractivity contribution in [3.63, 3.8) is 0 Å². The molecule has 136 valence electrons. The van der Waals surface area contributed by atoms with E-state index in [0.717, 1.165) is 38.6 Å². The number of aliphatic hydroxyl groups is 1. The normalized spacial score (nSPS) is 20.9. The van der Waals surface area contributed by atoms with Crippen LogP contribution in [0, 0.1) is 6.92 Å². The Balaban J connectivity index is 1.93. The van der Waals surface area contributed by atoms with Gasteiger partial charge in [0.15, 0.2) is 11.4 Å². The number of aromatic nitrogens is 2. The predicted molar refractivity (Wildman–Crippen MR) is 88.6 cm³/mol. The van der Waals surface area contributed by atoms with Gasteiger partial charge in [0.1, 0.15) is 0 Å². The highest BCUT2D eigenvalue weighted by molar-refractivity contribution is 5.79. The van der Waals surface area contributed by atoms with Crippen molar-refractivity contribution in [1.82, 2.24) is 15.0 Å². The fourth-order valence-electron chi connectivity index (χ4n) is 3.31. The van der Waals surface area contributed by atoms with Gasteiger partial charge >= 0.3 is 5.97 Å². The summed E-state index contributed by atoms with van der Waals surface area (Å²) in [5.41, 5.74) is -1.44. The van der Waals surface area contributed by atoms with Gasteiger partial charge in [0.2, 0.25) is 5.89 Å². The molecule has 1 N–H and O–H groups in total. The molecular formula is C17H29N3O4. The second kappa shape index (κ2) is 8.58. The molecule has 0 spiro atoms. The number of aryl methyl sites for hydroxylation is 1. The molecule has 0 saturated carbocycles. The van der Waals surface area contributed by atoms with Crippen molar-refractivity contribution < 1.29 is 19.2 Å². The molecule has 1 aliphatic rings. The van der Waals surface area contributed by atoms with Crippen molar-refractivity contribution >= 4 is 5.97 Å². The lowest BCUT2D eigenvalue weighted by Crippen LogP contribution is -2.49. The second-order valence-electron chi connectivity index (χ2n) is 6.73. The van der Waals surface area contributed by atoms with E-state index >= 15 is 0 Å². The number of hydrogen-bond acceptors (Lipinski definition) is 7. The lowest BCUT2D eigenvalue weighted by molar-refractivity contribution is -0.165. The summed E-state index contributed by atoms with van der Waals surface area (Å²) in [4.78, 5) is 18.5. The average molecular weight is 339 g/mol. The van der Waals surface area contributed by atoms with E-state index in [1.165, 1.54) is 7.11 Å². The summed E-state index contributed by atoms with van der Waals surface area (Å²) in [6.45, 7) is 5.72. The first-order chi connectivity index (χ1) is 11.5. The zero-order valence-electron chi connectivity index (χ0n) is 15.0. The number of carbonyl (C=O) groups is 1. The molecule has 7 nitrogen and oxygen atoms in total. The van der Waals surface area contributed by atoms with Crippen molar-refractivity contribution in [3.05, 3.63) is 11.7 Å². The molecule has 2 heterocycles. The molecular weight excluding hydrogens is 310 g/mol. The van der Waals surface area contributed by atoms with Crippen LogP contribution in [-0.4, -0.2) is 58.5 Å². The van der Waals surface area contributed by atoms with E-state index < -0.39 is 11.6 Å².